The molecule has 4 heteroatoms. The topological polar surface area (TPSA) is 37.8 Å². The molecule has 0 aliphatic rings. The van der Waals surface area contributed by atoms with Crippen molar-refractivity contribution in [3.8, 4) is 11.4 Å². The molecule has 0 fully saturated rings. The van der Waals surface area contributed by atoms with Crippen LogP contribution in [0.5, 0.6) is 0 Å². The fraction of sp³-hybridized carbons (Fsp3) is 0.333. The lowest BCUT2D eigenvalue weighted by atomic mass is 10.1. The minimum absolute atomic E-state index is 0.803. The number of aryl methyl sites for hydroxylation is 2. The van der Waals surface area contributed by atoms with E-state index in [1.165, 1.54) is 5.56 Å². The zero-order valence-corrected chi connectivity index (χ0v) is 13.7. The van der Waals surface area contributed by atoms with Crippen molar-refractivity contribution < 1.29 is 0 Å². The van der Waals surface area contributed by atoms with Gasteiger partial charge in [0.2, 0.25) is 0 Å². The van der Waals surface area contributed by atoms with Crippen LogP contribution in [0.15, 0.2) is 24.3 Å². The van der Waals surface area contributed by atoms with E-state index in [9.17, 15) is 0 Å². The molecule has 1 aromatic heterocycles. The average molecular weight is 367 g/mol. The Morgan fingerprint density at radius 2 is 2.00 bits per heavy atom. The minimum atomic E-state index is 0.803. The molecule has 1 N–H and O–H groups in total. The third-order valence-corrected chi connectivity index (χ3v) is 4.01. The van der Waals surface area contributed by atoms with Gasteiger partial charge in [0.1, 0.15) is 5.82 Å². The lowest BCUT2D eigenvalue weighted by Gasteiger charge is -2.11. The van der Waals surface area contributed by atoms with Crippen LogP contribution in [-0.4, -0.2) is 16.5 Å². The molecule has 0 saturated heterocycles. The molecule has 0 aliphatic heterocycles. The van der Waals surface area contributed by atoms with Crippen molar-refractivity contribution >= 4 is 28.4 Å². The summed E-state index contributed by atoms with van der Waals surface area (Å²) in [5.41, 5.74) is 3.40. The summed E-state index contributed by atoms with van der Waals surface area (Å²) < 4.78 is 1.12. The molecule has 2 aromatic rings. The second kappa shape index (κ2) is 6.32. The van der Waals surface area contributed by atoms with E-state index in [0.717, 1.165) is 39.4 Å². The summed E-state index contributed by atoms with van der Waals surface area (Å²) >= 11 is 2.32. The summed E-state index contributed by atoms with van der Waals surface area (Å²) in [5, 5.41) is 3.32. The van der Waals surface area contributed by atoms with Gasteiger partial charge in [-0.25, -0.2) is 9.97 Å². The first-order chi connectivity index (χ1) is 9.15. The largest absolute Gasteiger partial charge is 0.369 e. The minimum Gasteiger partial charge on any atom is -0.369 e. The van der Waals surface area contributed by atoms with Crippen molar-refractivity contribution in [2.24, 2.45) is 0 Å². The number of halogens is 1. The summed E-state index contributed by atoms with van der Waals surface area (Å²) in [7, 11) is 0. The van der Waals surface area contributed by atoms with Gasteiger partial charge in [-0.15, -0.1) is 0 Å². The zero-order valence-electron chi connectivity index (χ0n) is 11.5. The number of hydrogen-bond donors (Lipinski definition) is 1. The number of anilines is 1. The van der Waals surface area contributed by atoms with Gasteiger partial charge in [-0.3, -0.25) is 0 Å². The lowest BCUT2D eigenvalue weighted by molar-refractivity contribution is 0.982. The Morgan fingerprint density at radius 1 is 1.21 bits per heavy atom. The monoisotopic (exact) mass is 367 g/mol. The highest BCUT2D eigenvalue weighted by Crippen LogP contribution is 2.24. The summed E-state index contributed by atoms with van der Waals surface area (Å²) in [6.07, 6.45) is 0.915. The molecule has 0 aliphatic carbocycles. The Kier molecular flexibility index (Phi) is 4.74. The molecular formula is C15H18IN3. The van der Waals surface area contributed by atoms with Gasteiger partial charge in [0.15, 0.2) is 5.82 Å². The van der Waals surface area contributed by atoms with Crippen LogP contribution in [0.2, 0.25) is 0 Å². The maximum Gasteiger partial charge on any atom is 0.161 e. The van der Waals surface area contributed by atoms with Crippen molar-refractivity contribution in [1.82, 2.24) is 9.97 Å². The second-order valence-electron chi connectivity index (χ2n) is 4.41. The normalized spacial score (nSPS) is 10.5. The van der Waals surface area contributed by atoms with Gasteiger partial charge in [0, 0.05) is 12.1 Å². The Labute approximate surface area is 128 Å². The highest BCUT2D eigenvalue weighted by Gasteiger charge is 2.11. The standard InChI is InChI=1S/C15H18IN3/c1-4-12-13(16)15(17-5-2)19-14(18-12)11-8-6-7-10(3)9-11/h6-9H,4-5H2,1-3H3,(H,17,18,19). The van der Waals surface area contributed by atoms with Crippen LogP contribution in [0.4, 0.5) is 5.82 Å². The highest BCUT2D eigenvalue weighted by atomic mass is 127. The first-order valence-electron chi connectivity index (χ1n) is 6.53. The molecule has 2 rings (SSSR count). The first-order valence-corrected chi connectivity index (χ1v) is 7.60. The molecule has 100 valence electrons. The van der Waals surface area contributed by atoms with E-state index in [4.69, 9.17) is 0 Å². The predicted octanol–water partition coefficient (Wildman–Crippen LogP) is 4.05. The summed E-state index contributed by atoms with van der Waals surface area (Å²) in [6.45, 7) is 7.15. The summed E-state index contributed by atoms with van der Waals surface area (Å²) in [5.74, 6) is 1.74. The van der Waals surface area contributed by atoms with E-state index in [2.05, 4.69) is 76.8 Å². The second-order valence-corrected chi connectivity index (χ2v) is 5.49. The van der Waals surface area contributed by atoms with Crippen molar-refractivity contribution in [3.05, 3.63) is 39.1 Å². The van der Waals surface area contributed by atoms with Gasteiger partial charge in [-0.2, -0.15) is 0 Å². The van der Waals surface area contributed by atoms with E-state index < -0.39 is 0 Å². The fourth-order valence-electron chi connectivity index (χ4n) is 1.93. The quantitative estimate of drug-likeness (QED) is 0.829. The molecule has 1 aromatic carbocycles. The maximum atomic E-state index is 4.69. The van der Waals surface area contributed by atoms with E-state index in [-0.39, 0.29) is 0 Å². The first kappa shape index (κ1) is 14.2. The van der Waals surface area contributed by atoms with E-state index >= 15 is 0 Å². The number of aromatic nitrogens is 2. The molecule has 0 radical (unpaired) electrons. The SMILES string of the molecule is CCNc1nc(-c2cccc(C)c2)nc(CC)c1I. The third-order valence-electron chi connectivity index (χ3n) is 2.88. The van der Waals surface area contributed by atoms with Crippen LogP contribution in [0.25, 0.3) is 11.4 Å². The lowest BCUT2D eigenvalue weighted by Crippen LogP contribution is -2.07. The van der Waals surface area contributed by atoms with Crippen molar-refractivity contribution in [1.29, 1.82) is 0 Å². The van der Waals surface area contributed by atoms with Gasteiger partial charge >= 0.3 is 0 Å². The van der Waals surface area contributed by atoms with Crippen LogP contribution >= 0.6 is 22.6 Å². The number of rotatable bonds is 4. The smallest absolute Gasteiger partial charge is 0.161 e. The van der Waals surface area contributed by atoms with Crippen LogP contribution < -0.4 is 5.32 Å². The molecule has 3 nitrogen and oxygen atoms in total. The Hall–Kier alpha value is -1.17. The van der Waals surface area contributed by atoms with Crippen molar-refractivity contribution in [2.45, 2.75) is 27.2 Å². The molecule has 0 bridgehead atoms. The van der Waals surface area contributed by atoms with Gasteiger partial charge in [0.05, 0.1) is 9.26 Å². The van der Waals surface area contributed by atoms with Gasteiger partial charge < -0.3 is 5.32 Å². The van der Waals surface area contributed by atoms with E-state index in [1.807, 2.05) is 6.07 Å². The van der Waals surface area contributed by atoms with Crippen LogP contribution in [0, 0.1) is 10.5 Å². The number of hydrogen-bond acceptors (Lipinski definition) is 3. The maximum absolute atomic E-state index is 4.69. The molecule has 0 unspecified atom stereocenters. The van der Waals surface area contributed by atoms with Crippen molar-refractivity contribution in [2.75, 3.05) is 11.9 Å². The van der Waals surface area contributed by atoms with Crippen LogP contribution in [0.3, 0.4) is 0 Å². The van der Waals surface area contributed by atoms with E-state index in [1.54, 1.807) is 0 Å². The third kappa shape index (κ3) is 3.23. The Balaban J connectivity index is 2.54. The molecule has 0 spiro atoms. The molecule has 19 heavy (non-hydrogen) atoms. The Bertz CT molecular complexity index is 582. The molecule has 0 saturated carbocycles. The Morgan fingerprint density at radius 3 is 2.63 bits per heavy atom. The highest BCUT2D eigenvalue weighted by molar-refractivity contribution is 14.1. The summed E-state index contributed by atoms with van der Waals surface area (Å²) in [4.78, 5) is 9.34. The number of nitrogens with zero attached hydrogens (tertiary/aromatic N) is 2. The van der Waals surface area contributed by atoms with Crippen molar-refractivity contribution in [3.63, 3.8) is 0 Å². The van der Waals surface area contributed by atoms with Gasteiger partial charge in [-0.05, 0) is 48.9 Å². The molecule has 0 atom stereocenters. The van der Waals surface area contributed by atoms with Crippen LogP contribution in [-0.2, 0) is 6.42 Å². The average Bonchev–Trinajstić information content (AvgIpc) is 2.41. The van der Waals surface area contributed by atoms with Gasteiger partial charge in [0.25, 0.3) is 0 Å². The molecule has 0 amide bonds. The number of nitrogens with one attached hydrogen (secondary N) is 1. The summed E-state index contributed by atoms with van der Waals surface area (Å²) in [6, 6.07) is 8.31. The van der Waals surface area contributed by atoms with Gasteiger partial charge in [-0.1, -0.05) is 30.7 Å². The molecule has 1 heterocycles. The zero-order chi connectivity index (χ0) is 13.8. The predicted molar refractivity (Wildman–Crippen MR) is 88.5 cm³/mol. The van der Waals surface area contributed by atoms with Crippen LogP contribution in [0.1, 0.15) is 25.1 Å². The number of benzene rings is 1. The van der Waals surface area contributed by atoms with E-state index in [0.29, 0.717) is 0 Å². The molecular weight excluding hydrogens is 349 g/mol. The fourth-order valence-corrected chi connectivity index (χ4v) is 2.74.